The summed E-state index contributed by atoms with van der Waals surface area (Å²) in [6, 6.07) is 0. The van der Waals surface area contributed by atoms with E-state index in [0.717, 1.165) is 13.1 Å². The summed E-state index contributed by atoms with van der Waals surface area (Å²) in [6.07, 6.45) is 0. The van der Waals surface area contributed by atoms with Gasteiger partial charge in [-0.05, 0) is 13.6 Å². The highest BCUT2D eigenvalue weighted by Crippen LogP contribution is 2.00. The molecule has 0 aliphatic carbocycles. The first-order valence-electron chi connectivity index (χ1n) is 3.59. The van der Waals surface area contributed by atoms with Crippen LogP contribution in [-0.4, -0.2) is 43.0 Å². The minimum atomic E-state index is 1.12. The number of nitrogens with zero attached hydrogens (tertiary/aromatic N) is 2. The summed E-state index contributed by atoms with van der Waals surface area (Å²) in [7, 11) is 2.16. The predicted molar refractivity (Wildman–Crippen MR) is 39.0 cm³/mol. The lowest BCUT2D eigenvalue weighted by Gasteiger charge is -2.30. The molecule has 2 nitrogen and oxygen atoms in total. The molecule has 0 aromatic rings. The molecule has 0 unspecified atom stereocenters. The second-order valence-corrected chi connectivity index (χ2v) is 2.57. The Morgan fingerprint density at radius 3 is 2.67 bits per heavy atom. The molecule has 1 aliphatic rings. The minimum absolute atomic E-state index is 1.12. The van der Waals surface area contributed by atoms with Gasteiger partial charge in [-0.25, -0.2) is 0 Å². The van der Waals surface area contributed by atoms with Crippen LogP contribution in [0.3, 0.4) is 0 Å². The fourth-order valence-corrected chi connectivity index (χ4v) is 1.02. The standard InChI is InChI=1S/C7H15N2/c1-3-9-6-4-8(2)5-7-9/h6H,3-5,7H2,1-2H3. The van der Waals surface area contributed by atoms with Gasteiger partial charge >= 0.3 is 0 Å². The van der Waals surface area contributed by atoms with Gasteiger partial charge in [-0.2, -0.15) is 0 Å². The molecule has 9 heavy (non-hydrogen) atoms. The van der Waals surface area contributed by atoms with Gasteiger partial charge in [0, 0.05) is 26.2 Å². The van der Waals surface area contributed by atoms with Gasteiger partial charge in [0.2, 0.25) is 0 Å². The lowest BCUT2D eigenvalue weighted by atomic mass is 10.3. The molecule has 1 radical (unpaired) electrons. The molecule has 0 atom stereocenters. The Balaban J connectivity index is 2.18. The Morgan fingerprint density at radius 2 is 2.22 bits per heavy atom. The first kappa shape index (κ1) is 7.03. The monoisotopic (exact) mass is 127 g/mol. The Bertz CT molecular complexity index is 75.0. The molecule has 0 spiro atoms. The van der Waals surface area contributed by atoms with E-state index in [1.54, 1.807) is 0 Å². The van der Waals surface area contributed by atoms with E-state index < -0.39 is 0 Å². The lowest BCUT2D eigenvalue weighted by Crippen LogP contribution is -2.40. The van der Waals surface area contributed by atoms with E-state index >= 15 is 0 Å². The molecule has 1 fully saturated rings. The first-order chi connectivity index (χ1) is 4.33. The van der Waals surface area contributed by atoms with Crippen LogP contribution in [0.25, 0.3) is 0 Å². The molecular formula is C7H15N2. The van der Waals surface area contributed by atoms with Gasteiger partial charge in [-0.15, -0.1) is 0 Å². The molecule has 1 aliphatic heterocycles. The number of hydrogen-bond donors (Lipinski definition) is 0. The van der Waals surface area contributed by atoms with Crippen LogP contribution in [0.15, 0.2) is 0 Å². The quantitative estimate of drug-likeness (QED) is 0.503. The fraction of sp³-hybridized carbons (Fsp3) is 0.857. The van der Waals surface area contributed by atoms with Crippen LogP contribution < -0.4 is 0 Å². The molecule has 1 heterocycles. The fourth-order valence-electron chi connectivity index (χ4n) is 1.02. The zero-order chi connectivity index (χ0) is 6.69. The van der Waals surface area contributed by atoms with Gasteiger partial charge < -0.3 is 4.90 Å². The molecule has 0 bridgehead atoms. The van der Waals surface area contributed by atoms with E-state index in [-0.39, 0.29) is 0 Å². The topological polar surface area (TPSA) is 6.48 Å². The SMILES string of the molecule is CCN1[CH]CN(C)CC1. The Kier molecular flexibility index (Phi) is 2.49. The van der Waals surface area contributed by atoms with Crippen molar-refractivity contribution in [3.8, 4) is 0 Å². The zero-order valence-electron chi connectivity index (χ0n) is 6.30. The Morgan fingerprint density at radius 1 is 1.44 bits per heavy atom. The van der Waals surface area contributed by atoms with Crippen LogP contribution in [0, 0.1) is 6.54 Å². The summed E-state index contributed by atoms with van der Waals surface area (Å²) in [6.45, 7) is 9.16. The first-order valence-corrected chi connectivity index (χ1v) is 3.59. The maximum Gasteiger partial charge on any atom is 0.0391 e. The highest BCUT2D eigenvalue weighted by molar-refractivity contribution is 4.77. The molecule has 53 valence electrons. The van der Waals surface area contributed by atoms with E-state index in [9.17, 15) is 0 Å². The molecule has 0 aromatic carbocycles. The van der Waals surface area contributed by atoms with E-state index in [0.29, 0.717) is 0 Å². The number of piperazine rings is 1. The van der Waals surface area contributed by atoms with Gasteiger partial charge in [0.15, 0.2) is 0 Å². The van der Waals surface area contributed by atoms with Crippen molar-refractivity contribution in [1.82, 2.24) is 9.80 Å². The highest BCUT2D eigenvalue weighted by Gasteiger charge is 2.10. The second-order valence-electron chi connectivity index (χ2n) is 2.57. The maximum absolute atomic E-state index is 2.36. The molecule has 1 rings (SSSR count). The van der Waals surface area contributed by atoms with Crippen molar-refractivity contribution in [2.75, 3.05) is 33.2 Å². The average Bonchev–Trinajstić information content (AvgIpc) is 1.90. The van der Waals surface area contributed by atoms with Crippen LogP contribution in [0.2, 0.25) is 0 Å². The van der Waals surface area contributed by atoms with Crippen LogP contribution in [-0.2, 0) is 0 Å². The lowest BCUT2D eigenvalue weighted by molar-refractivity contribution is 0.202. The molecule has 1 saturated heterocycles. The van der Waals surface area contributed by atoms with Crippen molar-refractivity contribution in [3.05, 3.63) is 6.54 Å². The highest BCUT2D eigenvalue weighted by atomic mass is 15.2. The summed E-state index contributed by atoms with van der Waals surface area (Å²) in [5, 5.41) is 0. The van der Waals surface area contributed by atoms with E-state index in [2.05, 4.69) is 30.3 Å². The number of hydrogen-bond acceptors (Lipinski definition) is 2. The van der Waals surface area contributed by atoms with Crippen LogP contribution >= 0.6 is 0 Å². The number of likely N-dealkylation sites (N-methyl/N-ethyl adjacent to an activating group) is 2. The summed E-state index contributed by atoms with van der Waals surface area (Å²) in [5.41, 5.74) is 0. The number of rotatable bonds is 1. The summed E-state index contributed by atoms with van der Waals surface area (Å²) < 4.78 is 0. The van der Waals surface area contributed by atoms with Crippen LogP contribution in [0.4, 0.5) is 0 Å². The van der Waals surface area contributed by atoms with Gasteiger partial charge in [-0.3, -0.25) is 4.90 Å². The third-order valence-electron chi connectivity index (χ3n) is 1.83. The van der Waals surface area contributed by atoms with Gasteiger partial charge in [0.1, 0.15) is 0 Å². The Hall–Kier alpha value is -0.0800. The van der Waals surface area contributed by atoms with Crippen molar-refractivity contribution < 1.29 is 0 Å². The van der Waals surface area contributed by atoms with Crippen molar-refractivity contribution in [3.63, 3.8) is 0 Å². The predicted octanol–water partition coefficient (Wildman–Crippen LogP) is 0.415. The normalized spacial score (nSPS) is 24.7. The van der Waals surface area contributed by atoms with Gasteiger partial charge in [-0.1, -0.05) is 6.92 Å². The van der Waals surface area contributed by atoms with E-state index in [4.69, 9.17) is 0 Å². The second kappa shape index (κ2) is 3.18. The van der Waals surface area contributed by atoms with E-state index in [1.165, 1.54) is 13.1 Å². The Labute approximate surface area is 57.4 Å². The van der Waals surface area contributed by atoms with Crippen LogP contribution in [0.5, 0.6) is 0 Å². The van der Waals surface area contributed by atoms with Crippen molar-refractivity contribution in [2.45, 2.75) is 6.92 Å². The third kappa shape index (κ3) is 1.95. The van der Waals surface area contributed by atoms with Crippen molar-refractivity contribution in [2.24, 2.45) is 0 Å². The third-order valence-corrected chi connectivity index (χ3v) is 1.83. The molecule has 0 amide bonds. The maximum atomic E-state index is 2.36. The van der Waals surface area contributed by atoms with Gasteiger partial charge in [0.05, 0.1) is 0 Å². The molecular weight excluding hydrogens is 112 g/mol. The molecule has 0 N–H and O–H groups in total. The summed E-state index contributed by atoms with van der Waals surface area (Å²) >= 11 is 0. The zero-order valence-corrected chi connectivity index (χ0v) is 6.30. The largest absolute Gasteiger partial charge is 0.303 e. The average molecular weight is 127 g/mol. The van der Waals surface area contributed by atoms with Crippen molar-refractivity contribution >= 4 is 0 Å². The van der Waals surface area contributed by atoms with Crippen molar-refractivity contribution in [1.29, 1.82) is 0 Å². The molecule has 2 heteroatoms. The van der Waals surface area contributed by atoms with E-state index in [1.807, 2.05) is 0 Å². The van der Waals surface area contributed by atoms with Crippen LogP contribution in [0.1, 0.15) is 6.92 Å². The molecule has 0 aromatic heterocycles. The summed E-state index contributed by atoms with van der Waals surface area (Å²) in [4.78, 5) is 4.69. The minimum Gasteiger partial charge on any atom is -0.303 e. The summed E-state index contributed by atoms with van der Waals surface area (Å²) in [5.74, 6) is 0. The molecule has 0 saturated carbocycles. The smallest absolute Gasteiger partial charge is 0.0391 e. The van der Waals surface area contributed by atoms with Gasteiger partial charge in [0.25, 0.3) is 0 Å².